The Hall–Kier alpha value is -2.43. The van der Waals surface area contributed by atoms with E-state index in [-0.39, 0.29) is 5.56 Å². The van der Waals surface area contributed by atoms with Crippen LogP contribution < -0.4 is 9.47 Å². The quantitative estimate of drug-likeness (QED) is 0.918. The maximum Gasteiger partial charge on any atom is 0.337 e. The summed E-state index contributed by atoms with van der Waals surface area (Å²) in [5.41, 5.74) is 1.65. The molecule has 0 aliphatic rings. The third-order valence-electron chi connectivity index (χ3n) is 3.02. The molecule has 100 valence electrons. The van der Waals surface area contributed by atoms with Crippen LogP contribution >= 0.6 is 0 Å². The number of benzene rings is 1. The van der Waals surface area contributed by atoms with Crippen LogP contribution in [0, 0.1) is 6.92 Å². The minimum absolute atomic E-state index is 0.268. The van der Waals surface area contributed by atoms with Crippen LogP contribution in [0.2, 0.25) is 0 Å². The largest absolute Gasteiger partial charge is 0.497 e. The minimum atomic E-state index is -0.946. The summed E-state index contributed by atoms with van der Waals surface area (Å²) in [4.78, 5) is 11.1. The van der Waals surface area contributed by atoms with Crippen molar-refractivity contribution in [3.63, 3.8) is 0 Å². The molecule has 0 bridgehead atoms. The van der Waals surface area contributed by atoms with Crippen molar-refractivity contribution < 1.29 is 19.4 Å². The molecule has 0 atom stereocenters. The van der Waals surface area contributed by atoms with Gasteiger partial charge in [0.15, 0.2) is 0 Å². The summed E-state index contributed by atoms with van der Waals surface area (Å²) < 4.78 is 12.3. The van der Waals surface area contributed by atoms with Crippen molar-refractivity contribution in [3.05, 3.63) is 41.7 Å². The molecule has 1 N–H and O–H groups in total. The van der Waals surface area contributed by atoms with E-state index < -0.39 is 5.97 Å². The molecule has 0 saturated heterocycles. The van der Waals surface area contributed by atoms with Crippen molar-refractivity contribution in [1.82, 2.24) is 4.57 Å². The summed E-state index contributed by atoms with van der Waals surface area (Å²) in [6.07, 6.45) is 1.70. The first kappa shape index (κ1) is 13.0. The van der Waals surface area contributed by atoms with E-state index in [1.165, 1.54) is 0 Å². The molecule has 5 heteroatoms. The average molecular weight is 261 g/mol. The van der Waals surface area contributed by atoms with Gasteiger partial charge in [0.25, 0.3) is 0 Å². The van der Waals surface area contributed by atoms with Gasteiger partial charge in [-0.25, -0.2) is 4.79 Å². The van der Waals surface area contributed by atoms with Crippen LogP contribution in [-0.2, 0) is 0 Å². The van der Waals surface area contributed by atoms with Crippen LogP contribution in [-0.4, -0.2) is 29.9 Å². The average Bonchev–Trinajstić information content (AvgIpc) is 2.79. The number of aromatic carboxylic acids is 1. The van der Waals surface area contributed by atoms with Gasteiger partial charge in [0.05, 0.1) is 25.5 Å². The van der Waals surface area contributed by atoms with Gasteiger partial charge in [0.2, 0.25) is 0 Å². The Kier molecular flexibility index (Phi) is 3.46. The van der Waals surface area contributed by atoms with E-state index in [0.717, 1.165) is 5.69 Å². The van der Waals surface area contributed by atoms with Gasteiger partial charge in [-0.2, -0.15) is 0 Å². The molecule has 0 saturated carbocycles. The van der Waals surface area contributed by atoms with Crippen LogP contribution in [0.3, 0.4) is 0 Å². The second kappa shape index (κ2) is 5.06. The number of nitrogens with zero attached hydrogens (tertiary/aromatic N) is 1. The highest BCUT2D eigenvalue weighted by molar-refractivity contribution is 5.89. The monoisotopic (exact) mass is 261 g/mol. The highest BCUT2D eigenvalue weighted by Crippen LogP contribution is 2.29. The molecule has 0 aliphatic carbocycles. The van der Waals surface area contributed by atoms with Gasteiger partial charge in [-0.3, -0.25) is 0 Å². The topological polar surface area (TPSA) is 60.7 Å². The number of methoxy groups -OCH3 is 2. The minimum Gasteiger partial charge on any atom is -0.497 e. The molecule has 0 radical (unpaired) electrons. The Morgan fingerprint density at radius 1 is 1.21 bits per heavy atom. The van der Waals surface area contributed by atoms with Gasteiger partial charge in [0.1, 0.15) is 11.5 Å². The van der Waals surface area contributed by atoms with Crippen LogP contribution in [0.4, 0.5) is 0 Å². The molecule has 0 unspecified atom stereocenters. The Morgan fingerprint density at radius 2 is 1.95 bits per heavy atom. The van der Waals surface area contributed by atoms with Crippen LogP contribution in [0.1, 0.15) is 16.1 Å². The fourth-order valence-electron chi connectivity index (χ4n) is 1.98. The maximum atomic E-state index is 11.1. The highest BCUT2D eigenvalue weighted by Gasteiger charge is 2.15. The standard InChI is InChI=1S/C14H15NO4/c1-9-11(14(16)17)6-7-15(9)12-8-10(18-2)4-5-13(12)19-3/h4-8H,1-3H3,(H,16,17). The summed E-state index contributed by atoms with van der Waals surface area (Å²) in [5, 5.41) is 9.08. The van der Waals surface area contributed by atoms with Crippen molar-refractivity contribution >= 4 is 5.97 Å². The molecule has 1 heterocycles. The number of carboxylic acid groups (broad SMARTS) is 1. The maximum absolute atomic E-state index is 11.1. The molecule has 5 nitrogen and oxygen atoms in total. The van der Waals surface area contributed by atoms with Crippen molar-refractivity contribution in [1.29, 1.82) is 0 Å². The zero-order valence-electron chi connectivity index (χ0n) is 11.0. The lowest BCUT2D eigenvalue weighted by Gasteiger charge is -2.13. The molecule has 0 amide bonds. The van der Waals surface area contributed by atoms with E-state index in [4.69, 9.17) is 14.6 Å². The zero-order valence-corrected chi connectivity index (χ0v) is 11.0. The zero-order chi connectivity index (χ0) is 14.0. The second-order valence-corrected chi connectivity index (χ2v) is 4.03. The molecule has 19 heavy (non-hydrogen) atoms. The van der Waals surface area contributed by atoms with Crippen molar-refractivity contribution in [2.75, 3.05) is 14.2 Å². The molecule has 0 fully saturated rings. The third-order valence-corrected chi connectivity index (χ3v) is 3.02. The summed E-state index contributed by atoms with van der Waals surface area (Å²) in [6.45, 7) is 1.75. The van der Waals surface area contributed by atoms with Crippen molar-refractivity contribution in [2.24, 2.45) is 0 Å². The van der Waals surface area contributed by atoms with E-state index in [9.17, 15) is 4.79 Å². The SMILES string of the molecule is COc1ccc(OC)c(-n2ccc(C(=O)O)c2C)c1. The Balaban J connectivity index is 2.60. The van der Waals surface area contributed by atoms with Gasteiger partial charge < -0.3 is 19.1 Å². The molecule has 1 aromatic carbocycles. The molecule has 1 aromatic heterocycles. The molecule has 0 aliphatic heterocycles. The van der Waals surface area contributed by atoms with E-state index in [2.05, 4.69) is 0 Å². The lowest BCUT2D eigenvalue weighted by molar-refractivity contribution is 0.0696. The van der Waals surface area contributed by atoms with Crippen LogP contribution in [0.15, 0.2) is 30.5 Å². The number of hydrogen-bond donors (Lipinski definition) is 1. The first-order chi connectivity index (χ1) is 9.08. The summed E-state index contributed by atoms with van der Waals surface area (Å²) >= 11 is 0. The van der Waals surface area contributed by atoms with E-state index in [0.29, 0.717) is 17.2 Å². The highest BCUT2D eigenvalue weighted by atomic mass is 16.5. The fourth-order valence-corrected chi connectivity index (χ4v) is 1.98. The number of carboxylic acids is 1. The van der Waals surface area contributed by atoms with Gasteiger partial charge >= 0.3 is 5.97 Å². The van der Waals surface area contributed by atoms with Crippen LogP contribution in [0.5, 0.6) is 11.5 Å². The number of aromatic nitrogens is 1. The Labute approximate surface area is 111 Å². The van der Waals surface area contributed by atoms with Crippen molar-refractivity contribution in [2.45, 2.75) is 6.92 Å². The molecular formula is C14H15NO4. The Bertz CT molecular complexity index is 616. The lowest BCUT2D eigenvalue weighted by Crippen LogP contribution is -2.03. The third kappa shape index (κ3) is 2.27. The summed E-state index contributed by atoms with van der Waals surface area (Å²) in [6, 6.07) is 6.95. The number of ether oxygens (including phenoxy) is 2. The smallest absolute Gasteiger partial charge is 0.337 e. The second-order valence-electron chi connectivity index (χ2n) is 4.03. The van der Waals surface area contributed by atoms with Gasteiger partial charge in [-0.05, 0) is 25.1 Å². The lowest BCUT2D eigenvalue weighted by atomic mass is 10.2. The number of carbonyl (C=O) groups is 1. The molecule has 2 rings (SSSR count). The van der Waals surface area contributed by atoms with Gasteiger partial charge in [-0.1, -0.05) is 0 Å². The molecule has 0 spiro atoms. The van der Waals surface area contributed by atoms with E-state index in [1.807, 2.05) is 0 Å². The summed E-state index contributed by atoms with van der Waals surface area (Å²) in [5.74, 6) is 0.385. The number of hydrogen-bond acceptors (Lipinski definition) is 3. The first-order valence-corrected chi connectivity index (χ1v) is 5.72. The van der Waals surface area contributed by atoms with E-state index >= 15 is 0 Å². The van der Waals surface area contributed by atoms with Crippen LogP contribution in [0.25, 0.3) is 5.69 Å². The molecule has 2 aromatic rings. The normalized spacial score (nSPS) is 10.3. The van der Waals surface area contributed by atoms with Gasteiger partial charge in [0, 0.05) is 18.0 Å². The number of rotatable bonds is 4. The molecular weight excluding hydrogens is 246 g/mol. The van der Waals surface area contributed by atoms with Crippen molar-refractivity contribution in [3.8, 4) is 17.2 Å². The van der Waals surface area contributed by atoms with Gasteiger partial charge in [-0.15, -0.1) is 0 Å². The predicted molar refractivity (Wildman–Crippen MR) is 70.6 cm³/mol. The predicted octanol–water partition coefficient (Wildman–Crippen LogP) is 2.50. The Morgan fingerprint density at radius 3 is 2.47 bits per heavy atom. The summed E-state index contributed by atoms with van der Waals surface area (Å²) in [7, 11) is 3.15. The van der Waals surface area contributed by atoms with E-state index in [1.54, 1.807) is 56.2 Å². The first-order valence-electron chi connectivity index (χ1n) is 5.72. The fraction of sp³-hybridized carbons (Fsp3) is 0.214.